The number of allylic oxidation sites excluding steroid dienone is 3. The highest BCUT2D eigenvalue weighted by Crippen LogP contribution is 2.26. The molecule has 1 rings (SSSR count). The second-order valence-corrected chi connectivity index (χ2v) is 11.1. The van der Waals surface area contributed by atoms with E-state index in [0.717, 1.165) is 58.2 Å². The van der Waals surface area contributed by atoms with Gasteiger partial charge in [0.2, 0.25) is 0 Å². The fraction of sp³-hybridized carbons (Fsp3) is 0.806. The zero-order valence-electron chi connectivity index (χ0n) is 23.1. The van der Waals surface area contributed by atoms with Crippen LogP contribution in [0.25, 0.3) is 0 Å². The van der Waals surface area contributed by atoms with Gasteiger partial charge >= 0.3 is 0 Å². The van der Waals surface area contributed by atoms with Crippen LogP contribution in [0.5, 0.6) is 0 Å². The third kappa shape index (κ3) is 14.9. The lowest BCUT2D eigenvalue weighted by Gasteiger charge is -2.22. The van der Waals surface area contributed by atoms with Crippen molar-refractivity contribution in [3.8, 4) is 0 Å². The highest BCUT2D eigenvalue weighted by Gasteiger charge is 2.25. The maximum Gasteiger partial charge on any atom is 0.160 e. The summed E-state index contributed by atoms with van der Waals surface area (Å²) in [5.74, 6) is 1.07. The molecule has 1 aliphatic rings. The molecular formula is C31H55NO2. The minimum atomic E-state index is -0.259. The largest absolute Gasteiger partial charge is 0.303 e. The summed E-state index contributed by atoms with van der Waals surface area (Å²) in [5.41, 5.74) is -0.259. The molecule has 3 heteroatoms. The number of likely N-dealkylation sites (tertiary alicyclic amines) is 1. The number of carbonyl (C=O) groups is 2. The van der Waals surface area contributed by atoms with Gasteiger partial charge in [0.05, 0.1) is 0 Å². The van der Waals surface area contributed by atoms with Gasteiger partial charge in [-0.2, -0.15) is 0 Å². The Kier molecular flexibility index (Phi) is 17.2. The van der Waals surface area contributed by atoms with Crippen LogP contribution in [0.3, 0.4) is 0 Å². The SMILES string of the molecule is CCCCCCCCCCC/C=C\C(=O)C(C)(C)CCCCN1CC[C@H](/C=C\C(=O)CCC)C1. The van der Waals surface area contributed by atoms with Crippen molar-refractivity contribution in [1.29, 1.82) is 0 Å². The molecule has 1 saturated heterocycles. The van der Waals surface area contributed by atoms with Crippen LogP contribution in [0, 0.1) is 11.3 Å². The summed E-state index contributed by atoms with van der Waals surface area (Å²) in [6.07, 6.45) is 26.9. The average Bonchev–Trinajstić information content (AvgIpc) is 3.27. The first kappa shape index (κ1) is 30.8. The van der Waals surface area contributed by atoms with Gasteiger partial charge in [0, 0.05) is 18.4 Å². The number of nitrogens with zero attached hydrogens (tertiary/aromatic N) is 1. The van der Waals surface area contributed by atoms with Crippen LogP contribution < -0.4 is 0 Å². The van der Waals surface area contributed by atoms with E-state index >= 15 is 0 Å². The van der Waals surface area contributed by atoms with E-state index in [1.165, 1.54) is 57.8 Å². The number of rotatable bonds is 21. The predicted octanol–water partition coefficient (Wildman–Crippen LogP) is 8.48. The second kappa shape index (κ2) is 19.0. The van der Waals surface area contributed by atoms with Gasteiger partial charge < -0.3 is 4.90 Å². The molecule has 0 aromatic carbocycles. The molecule has 1 heterocycles. The van der Waals surface area contributed by atoms with Crippen molar-refractivity contribution in [3.05, 3.63) is 24.3 Å². The fourth-order valence-electron chi connectivity index (χ4n) is 4.81. The summed E-state index contributed by atoms with van der Waals surface area (Å²) >= 11 is 0. The number of hydrogen-bond acceptors (Lipinski definition) is 3. The highest BCUT2D eigenvalue weighted by atomic mass is 16.1. The molecule has 0 saturated carbocycles. The molecule has 3 nitrogen and oxygen atoms in total. The Morgan fingerprint density at radius 1 is 0.853 bits per heavy atom. The Morgan fingerprint density at radius 3 is 2.21 bits per heavy atom. The second-order valence-electron chi connectivity index (χ2n) is 11.1. The number of ketones is 2. The van der Waals surface area contributed by atoms with Gasteiger partial charge in [-0.15, -0.1) is 0 Å². The molecule has 0 aliphatic carbocycles. The summed E-state index contributed by atoms with van der Waals surface area (Å²) in [4.78, 5) is 26.9. The van der Waals surface area contributed by atoms with Gasteiger partial charge in [0.15, 0.2) is 11.6 Å². The van der Waals surface area contributed by atoms with Crippen molar-refractivity contribution in [2.45, 2.75) is 130 Å². The zero-order chi connectivity index (χ0) is 25.1. The van der Waals surface area contributed by atoms with E-state index in [2.05, 4.69) is 37.8 Å². The number of unbranched alkanes of at least 4 members (excludes halogenated alkanes) is 10. The predicted molar refractivity (Wildman–Crippen MR) is 147 cm³/mol. The van der Waals surface area contributed by atoms with E-state index < -0.39 is 0 Å². The number of carbonyl (C=O) groups excluding carboxylic acids is 2. The third-order valence-electron chi connectivity index (χ3n) is 7.30. The smallest absolute Gasteiger partial charge is 0.160 e. The van der Waals surface area contributed by atoms with E-state index in [9.17, 15) is 9.59 Å². The van der Waals surface area contributed by atoms with Crippen molar-refractivity contribution in [3.63, 3.8) is 0 Å². The maximum absolute atomic E-state index is 12.7. The van der Waals surface area contributed by atoms with E-state index in [-0.39, 0.29) is 17.0 Å². The molecule has 34 heavy (non-hydrogen) atoms. The van der Waals surface area contributed by atoms with Crippen LogP contribution in [-0.2, 0) is 9.59 Å². The van der Waals surface area contributed by atoms with Gasteiger partial charge in [-0.25, -0.2) is 0 Å². The standard InChI is InChI=1S/C31H55NO2/c1-5-7-8-9-10-11-12-13-14-15-16-20-30(34)31(3,4)24-17-18-25-32-26-23-28(27-32)21-22-29(33)19-6-2/h16,20-22,28H,5-15,17-19,23-27H2,1-4H3/b20-16-,22-21-/t28-/m0/s1. The summed E-state index contributed by atoms with van der Waals surface area (Å²) in [6, 6.07) is 0. The minimum Gasteiger partial charge on any atom is -0.303 e. The normalized spacial score (nSPS) is 17.4. The van der Waals surface area contributed by atoms with Crippen molar-refractivity contribution >= 4 is 11.6 Å². The Bertz CT molecular complexity index is 605. The summed E-state index contributed by atoms with van der Waals surface area (Å²) in [5, 5.41) is 0. The fourth-order valence-corrected chi connectivity index (χ4v) is 4.81. The van der Waals surface area contributed by atoms with Crippen LogP contribution >= 0.6 is 0 Å². The van der Waals surface area contributed by atoms with Gasteiger partial charge in [-0.3, -0.25) is 9.59 Å². The molecule has 0 unspecified atom stereocenters. The van der Waals surface area contributed by atoms with Gasteiger partial charge in [0.25, 0.3) is 0 Å². The highest BCUT2D eigenvalue weighted by molar-refractivity contribution is 5.94. The molecule has 0 aromatic rings. The number of hydrogen-bond donors (Lipinski definition) is 0. The summed E-state index contributed by atoms with van der Waals surface area (Å²) in [7, 11) is 0. The summed E-state index contributed by atoms with van der Waals surface area (Å²) < 4.78 is 0. The molecule has 1 aliphatic heterocycles. The van der Waals surface area contributed by atoms with Crippen molar-refractivity contribution in [2.24, 2.45) is 11.3 Å². The molecular weight excluding hydrogens is 418 g/mol. The van der Waals surface area contributed by atoms with Gasteiger partial charge in [-0.05, 0) is 69.7 Å². The van der Waals surface area contributed by atoms with E-state index in [4.69, 9.17) is 0 Å². The molecule has 0 N–H and O–H groups in total. The molecule has 196 valence electrons. The lowest BCUT2D eigenvalue weighted by atomic mass is 9.82. The quantitative estimate of drug-likeness (QED) is 0.124. The maximum atomic E-state index is 12.7. The monoisotopic (exact) mass is 473 g/mol. The van der Waals surface area contributed by atoms with E-state index in [1.54, 1.807) is 6.08 Å². The first-order valence-corrected chi connectivity index (χ1v) is 14.5. The van der Waals surface area contributed by atoms with Crippen LogP contribution in [0.2, 0.25) is 0 Å². The Hall–Kier alpha value is -1.22. The van der Waals surface area contributed by atoms with Crippen LogP contribution in [0.4, 0.5) is 0 Å². The summed E-state index contributed by atoms with van der Waals surface area (Å²) in [6.45, 7) is 11.8. The molecule has 0 bridgehead atoms. The van der Waals surface area contributed by atoms with E-state index in [1.807, 2.05) is 13.0 Å². The Balaban J connectivity index is 2.10. The lowest BCUT2D eigenvalue weighted by Crippen LogP contribution is -2.24. The molecule has 0 radical (unpaired) electrons. The van der Waals surface area contributed by atoms with Gasteiger partial charge in [-0.1, -0.05) is 97.6 Å². The first-order chi connectivity index (χ1) is 16.4. The van der Waals surface area contributed by atoms with Crippen LogP contribution in [-0.4, -0.2) is 36.1 Å². The third-order valence-corrected chi connectivity index (χ3v) is 7.30. The Labute approximate surface area is 211 Å². The molecule has 1 atom stereocenters. The van der Waals surface area contributed by atoms with Gasteiger partial charge in [0.1, 0.15) is 0 Å². The van der Waals surface area contributed by atoms with Crippen molar-refractivity contribution < 1.29 is 9.59 Å². The Morgan fingerprint density at radius 2 is 1.53 bits per heavy atom. The zero-order valence-corrected chi connectivity index (χ0v) is 23.1. The minimum absolute atomic E-state index is 0.259. The van der Waals surface area contributed by atoms with E-state index in [0.29, 0.717) is 12.3 Å². The van der Waals surface area contributed by atoms with Crippen molar-refractivity contribution in [2.75, 3.05) is 19.6 Å². The average molecular weight is 474 g/mol. The van der Waals surface area contributed by atoms with Crippen LogP contribution in [0.1, 0.15) is 130 Å². The topological polar surface area (TPSA) is 37.4 Å². The molecule has 0 spiro atoms. The van der Waals surface area contributed by atoms with Crippen LogP contribution in [0.15, 0.2) is 24.3 Å². The lowest BCUT2D eigenvalue weighted by molar-refractivity contribution is -0.122. The molecule has 0 aromatic heterocycles. The van der Waals surface area contributed by atoms with Crippen molar-refractivity contribution in [1.82, 2.24) is 4.90 Å². The molecule has 1 fully saturated rings. The first-order valence-electron chi connectivity index (χ1n) is 14.5. The molecule has 0 amide bonds.